The molecule has 1 aromatic carbocycles. The lowest BCUT2D eigenvalue weighted by molar-refractivity contribution is -0.0693. The average molecular weight is 439 g/mol. The Labute approximate surface area is 185 Å². The first-order chi connectivity index (χ1) is 14.8. The summed E-state index contributed by atoms with van der Waals surface area (Å²) in [6, 6.07) is 5.20. The number of likely N-dealkylation sites (tertiary alicyclic amines) is 1. The van der Waals surface area contributed by atoms with Crippen LogP contribution in [0.25, 0.3) is 0 Å². The van der Waals surface area contributed by atoms with Crippen LogP contribution >= 0.6 is 0 Å². The number of methoxy groups -OCH3 is 1. The third-order valence-corrected chi connectivity index (χ3v) is 6.49. The fourth-order valence-electron chi connectivity index (χ4n) is 4.66. The molecule has 0 amide bonds. The van der Waals surface area contributed by atoms with E-state index in [4.69, 9.17) is 21.9 Å². The molecule has 2 fully saturated rings. The summed E-state index contributed by atoms with van der Waals surface area (Å²) in [7, 11) is 5.47. The van der Waals surface area contributed by atoms with Gasteiger partial charge in [-0.2, -0.15) is 0 Å². The van der Waals surface area contributed by atoms with Crippen molar-refractivity contribution in [2.24, 2.45) is 17.2 Å². The average Bonchev–Trinajstić information content (AvgIpc) is 3.18. The zero-order chi connectivity index (χ0) is 22.7. The van der Waals surface area contributed by atoms with Crippen molar-refractivity contribution in [2.75, 3.05) is 58.8 Å². The van der Waals surface area contributed by atoms with E-state index in [1.54, 1.807) is 12.1 Å². The Balaban J connectivity index is 1.91. The quantitative estimate of drug-likeness (QED) is 0.519. The first kappa shape index (κ1) is 24.1. The van der Waals surface area contributed by atoms with Crippen LogP contribution in [-0.4, -0.2) is 98.4 Å². The lowest BCUT2D eigenvalue weighted by atomic mass is 10.1. The molecule has 0 aromatic heterocycles. The molecule has 2 aliphatic rings. The first-order valence-electron chi connectivity index (χ1n) is 11.1. The molecule has 3 rings (SSSR count). The molecule has 6 N–H and O–H groups in total. The highest BCUT2D eigenvalue weighted by Gasteiger charge is 2.43. The van der Waals surface area contributed by atoms with Gasteiger partial charge in [-0.05, 0) is 52.2 Å². The zero-order valence-electron chi connectivity index (χ0n) is 19.2. The van der Waals surface area contributed by atoms with Gasteiger partial charge in [0.1, 0.15) is 18.9 Å². The summed E-state index contributed by atoms with van der Waals surface area (Å²) in [6.45, 7) is 6.46. The van der Waals surface area contributed by atoms with Gasteiger partial charge in [0.2, 0.25) is 0 Å². The van der Waals surface area contributed by atoms with E-state index in [1.165, 1.54) is 19.6 Å². The van der Waals surface area contributed by atoms with Crippen LogP contribution < -0.4 is 26.8 Å². The number of nitrogens with zero attached hydrogens (tertiary/aromatic N) is 5. The maximum absolute atomic E-state index is 14.5. The smallest absolute Gasteiger partial charge is 0.167 e. The molecule has 176 valence electrons. The van der Waals surface area contributed by atoms with Gasteiger partial charge >= 0.3 is 0 Å². The van der Waals surface area contributed by atoms with Gasteiger partial charge in [0.15, 0.2) is 11.6 Å². The second kappa shape index (κ2) is 10.4. The van der Waals surface area contributed by atoms with Gasteiger partial charge in [-0.3, -0.25) is 16.4 Å². The number of likely N-dealkylation sites (N-methyl/N-ethyl adjacent to an activating group) is 2. The minimum absolute atomic E-state index is 0.186. The van der Waals surface area contributed by atoms with Crippen molar-refractivity contribution in [3.8, 4) is 5.75 Å². The Kier molecular flexibility index (Phi) is 8.08. The van der Waals surface area contributed by atoms with Crippen LogP contribution in [-0.2, 0) is 0 Å². The Morgan fingerprint density at radius 2 is 1.84 bits per heavy atom. The molecule has 2 saturated heterocycles. The highest BCUT2D eigenvalue weighted by Crippen LogP contribution is 2.30. The summed E-state index contributed by atoms with van der Waals surface area (Å²) in [4.78, 5) is 10.5. The van der Waals surface area contributed by atoms with Crippen LogP contribution in [0.5, 0.6) is 5.75 Å². The summed E-state index contributed by atoms with van der Waals surface area (Å²) in [5.74, 6) is -0.265. The van der Waals surface area contributed by atoms with E-state index >= 15 is 0 Å². The number of anilines is 1. The molecule has 0 radical (unpaired) electrons. The second-order valence-electron chi connectivity index (χ2n) is 8.63. The molecule has 1 aromatic rings. The lowest BCUT2D eigenvalue weighted by Gasteiger charge is -2.55. The van der Waals surface area contributed by atoms with Gasteiger partial charge in [0.25, 0.3) is 0 Å². The largest absolute Gasteiger partial charge is 0.494 e. The monoisotopic (exact) mass is 438 g/mol. The molecule has 0 spiro atoms. The first-order valence-corrected chi connectivity index (χ1v) is 11.1. The van der Waals surface area contributed by atoms with Gasteiger partial charge in [-0.15, -0.1) is 0 Å². The standard InChI is InChI=1S/C21H39FN8O/c1-5-27-10-6-7-16(27)14-29-19(23)28(12-11-26(2)3)20(24)30(21(29)25)15-8-9-18(31-4)17(22)13-15/h8-9,13,16,19-21H,5-7,10-12,14,23-25H2,1-4H3. The van der Waals surface area contributed by atoms with Crippen LogP contribution in [0.2, 0.25) is 0 Å². The van der Waals surface area contributed by atoms with E-state index in [0.29, 0.717) is 18.3 Å². The van der Waals surface area contributed by atoms with E-state index < -0.39 is 24.7 Å². The minimum atomic E-state index is -0.583. The van der Waals surface area contributed by atoms with Crippen LogP contribution in [0.15, 0.2) is 18.2 Å². The normalized spacial score (nSPS) is 28.6. The third-order valence-electron chi connectivity index (χ3n) is 6.49. The number of rotatable bonds is 8. The molecule has 0 saturated carbocycles. The fraction of sp³-hybridized carbons (Fsp3) is 0.714. The lowest BCUT2D eigenvalue weighted by Crippen LogP contribution is -2.79. The molecule has 0 aliphatic carbocycles. The molecule has 9 nitrogen and oxygen atoms in total. The summed E-state index contributed by atoms with van der Waals surface area (Å²) < 4.78 is 19.6. The number of nitrogens with two attached hydrogens (primary N) is 3. The fourth-order valence-corrected chi connectivity index (χ4v) is 4.66. The molecular weight excluding hydrogens is 399 g/mol. The summed E-state index contributed by atoms with van der Waals surface area (Å²) in [5, 5.41) is 0. The molecule has 10 heteroatoms. The molecule has 31 heavy (non-hydrogen) atoms. The van der Waals surface area contributed by atoms with Gasteiger partial charge in [0, 0.05) is 37.4 Å². The van der Waals surface area contributed by atoms with Crippen LogP contribution in [0.1, 0.15) is 19.8 Å². The van der Waals surface area contributed by atoms with Crippen LogP contribution in [0.4, 0.5) is 10.1 Å². The van der Waals surface area contributed by atoms with Crippen molar-refractivity contribution in [1.82, 2.24) is 19.6 Å². The number of hydrogen-bond donors (Lipinski definition) is 3. The summed E-state index contributed by atoms with van der Waals surface area (Å²) in [5.41, 5.74) is 20.7. The molecule has 2 heterocycles. The number of hydrogen-bond acceptors (Lipinski definition) is 9. The van der Waals surface area contributed by atoms with Crippen molar-refractivity contribution in [3.63, 3.8) is 0 Å². The summed E-state index contributed by atoms with van der Waals surface area (Å²) in [6.07, 6.45) is 0.704. The molecule has 4 atom stereocenters. The van der Waals surface area contributed by atoms with Gasteiger partial charge in [-0.25, -0.2) is 14.2 Å². The number of benzene rings is 1. The van der Waals surface area contributed by atoms with Crippen LogP contribution in [0.3, 0.4) is 0 Å². The van der Waals surface area contributed by atoms with Gasteiger partial charge in [0.05, 0.1) is 7.11 Å². The zero-order valence-corrected chi connectivity index (χ0v) is 19.2. The topological polar surface area (TPSA) is 103 Å². The van der Waals surface area contributed by atoms with Crippen molar-refractivity contribution in [1.29, 1.82) is 0 Å². The summed E-state index contributed by atoms with van der Waals surface area (Å²) >= 11 is 0. The minimum Gasteiger partial charge on any atom is -0.494 e. The maximum Gasteiger partial charge on any atom is 0.167 e. The third kappa shape index (κ3) is 5.11. The maximum atomic E-state index is 14.5. The Morgan fingerprint density at radius 1 is 1.13 bits per heavy atom. The SMILES string of the molecule is CCN1CCCC1CN1C(N)N(CCN(C)C)C(N)N(c2ccc(OC)c(F)c2)C1N. The van der Waals surface area contributed by atoms with Crippen molar-refractivity contribution < 1.29 is 9.13 Å². The van der Waals surface area contributed by atoms with E-state index in [-0.39, 0.29) is 5.75 Å². The Morgan fingerprint density at radius 3 is 2.45 bits per heavy atom. The predicted octanol–water partition coefficient (Wildman–Crippen LogP) is 0.0311. The second-order valence-corrected chi connectivity index (χ2v) is 8.63. The molecular formula is C21H39FN8O. The van der Waals surface area contributed by atoms with Crippen LogP contribution in [0, 0.1) is 5.82 Å². The van der Waals surface area contributed by atoms with Crippen molar-refractivity contribution in [2.45, 2.75) is 44.7 Å². The van der Waals surface area contributed by atoms with Gasteiger partial charge < -0.3 is 20.3 Å². The van der Waals surface area contributed by atoms with E-state index in [9.17, 15) is 4.39 Å². The van der Waals surface area contributed by atoms with E-state index in [0.717, 1.165) is 32.6 Å². The van der Waals surface area contributed by atoms with Crippen molar-refractivity contribution >= 4 is 5.69 Å². The van der Waals surface area contributed by atoms with Crippen molar-refractivity contribution in [3.05, 3.63) is 24.0 Å². The van der Waals surface area contributed by atoms with E-state index in [1.807, 2.05) is 23.9 Å². The highest BCUT2D eigenvalue weighted by molar-refractivity contribution is 5.51. The van der Waals surface area contributed by atoms with Gasteiger partial charge in [-0.1, -0.05) is 6.92 Å². The molecule has 0 bridgehead atoms. The Bertz CT molecular complexity index is 723. The Hall–Kier alpha value is -1.53. The molecule has 4 unspecified atom stereocenters. The highest BCUT2D eigenvalue weighted by atomic mass is 19.1. The predicted molar refractivity (Wildman–Crippen MR) is 122 cm³/mol. The number of halogens is 1. The number of ether oxygens (including phenoxy) is 1. The molecule has 2 aliphatic heterocycles. The van der Waals surface area contributed by atoms with E-state index in [2.05, 4.69) is 21.6 Å².